The van der Waals surface area contributed by atoms with Gasteiger partial charge in [-0.3, -0.25) is 4.79 Å². The molecule has 0 spiro atoms. The van der Waals surface area contributed by atoms with Crippen molar-refractivity contribution < 1.29 is 22.7 Å². The molecule has 1 aromatic rings. The summed E-state index contributed by atoms with van der Waals surface area (Å²) in [5.41, 5.74) is 0.576. The van der Waals surface area contributed by atoms with E-state index in [9.17, 15) is 13.2 Å². The van der Waals surface area contributed by atoms with E-state index in [2.05, 4.69) is 5.32 Å². The Balaban J connectivity index is 1.99. The number of benzene rings is 1. The fraction of sp³-hybridized carbons (Fsp3) is 0.562. The van der Waals surface area contributed by atoms with Gasteiger partial charge in [0.15, 0.2) is 0 Å². The molecule has 1 N–H and O–H groups in total. The van der Waals surface area contributed by atoms with Crippen LogP contribution in [-0.4, -0.2) is 51.7 Å². The van der Waals surface area contributed by atoms with Crippen molar-refractivity contribution in [1.29, 1.82) is 0 Å². The fourth-order valence-electron chi connectivity index (χ4n) is 2.72. The van der Waals surface area contributed by atoms with Crippen LogP contribution in [0.2, 0.25) is 0 Å². The average Bonchev–Trinajstić information content (AvgIpc) is 2.62. The maximum absolute atomic E-state index is 12.5. The lowest BCUT2D eigenvalue weighted by atomic mass is 9.97. The van der Waals surface area contributed by atoms with Crippen LogP contribution in [-0.2, 0) is 14.8 Å². The lowest BCUT2D eigenvalue weighted by molar-refractivity contribution is -0.120. The SMILES string of the molecule is CCS(=O)(=O)N1CCC(C(=O)Nc2ccc(OC)cc2OC)CC1. The van der Waals surface area contributed by atoms with E-state index >= 15 is 0 Å². The number of anilines is 1. The zero-order valence-electron chi connectivity index (χ0n) is 14.2. The summed E-state index contributed by atoms with van der Waals surface area (Å²) < 4.78 is 35.6. The van der Waals surface area contributed by atoms with Gasteiger partial charge in [-0.15, -0.1) is 0 Å². The van der Waals surface area contributed by atoms with E-state index in [4.69, 9.17) is 9.47 Å². The summed E-state index contributed by atoms with van der Waals surface area (Å²) in [5.74, 6) is 0.927. The average molecular weight is 356 g/mol. The highest BCUT2D eigenvalue weighted by atomic mass is 32.2. The van der Waals surface area contributed by atoms with Crippen LogP contribution >= 0.6 is 0 Å². The molecule has 1 aliphatic rings. The zero-order chi connectivity index (χ0) is 17.7. The smallest absolute Gasteiger partial charge is 0.227 e. The van der Waals surface area contributed by atoms with Gasteiger partial charge < -0.3 is 14.8 Å². The van der Waals surface area contributed by atoms with Crippen molar-refractivity contribution in [2.24, 2.45) is 5.92 Å². The molecule has 1 amide bonds. The predicted octanol–water partition coefficient (Wildman–Crippen LogP) is 1.70. The number of hydrogen-bond donors (Lipinski definition) is 1. The fourth-order valence-corrected chi connectivity index (χ4v) is 3.85. The second-order valence-electron chi connectivity index (χ2n) is 5.63. The molecule has 1 aliphatic heterocycles. The number of carbonyl (C=O) groups is 1. The Kier molecular flexibility index (Phi) is 6.06. The van der Waals surface area contributed by atoms with Crippen molar-refractivity contribution in [3.8, 4) is 11.5 Å². The molecule has 1 heterocycles. The molecular weight excluding hydrogens is 332 g/mol. The molecule has 8 heteroatoms. The molecule has 0 atom stereocenters. The minimum Gasteiger partial charge on any atom is -0.497 e. The number of amides is 1. The molecule has 1 saturated heterocycles. The van der Waals surface area contributed by atoms with Crippen molar-refractivity contribution in [2.45, 2.75) is 19.8 Å². The summed E-state index contributed by atoms with van der Waals surface area (Å²) in [4.78, 5) is 12.5. The van der Waals surface area contributed by atoms with Gasteiger partial charge in [0.1, 0.15) is 11.5 Å². The standard InChI is InChI=1S/C16H24N2O5S/c1-4-24(20,21)18-9-7-12(8-10-18)16(19)17-14-6-5-13(22-2)11-15(14)23-3/h5-6,11-12H,4,7-10H2,1-3H3,(H,17,19). The Bertz CT molecular complexity index is 682. The number of nitrogens with one attached hydrogen (secondary N) is 1. The molecule has 0 radical (unpaired) electrons. The molecule has 1 aromatic carbocycles. The van der Waals surface area contributed by atoms with Crippen LogP contribution in [0, 0.1) is 5.92 Å². The van der Waals surface area contributed by atoms with Crippen LogP contribution < -0.4 is 14.8 Å². The maximum Gasteiger partial charge on any atom is 0.227 e. The molecule has 0 bridgehead atoms. The van der Waals surface area contributed by atoms with Gasteiger partial charge in [0.05, 0.1) is 25.7 Å². The summed E-state index contributed by atoms with van der Waals surface area (Å²) in [7, 11) is -0.0929. The van der Waals surface area contributed by atoms with E-state index in [1.165, 1.54) is 11.4 Å². The van der Waals surface area contributed by atoms with Gasteiger partial charge in [0, 0.05) is 25.1 Å². The predicted molar refractivity (Wildman–Crippen MR) is 91.9 cm³/mol. The normalized spacial score (nSPS) is 16.6. The van der Waals surface area contributed by atoms with Crippen molar-refractivity contribution in [3.05, 3.63) is 18.2 Å². The van der Waals surface area contributed by atoms with E-state index in [1.807, 2.05) is 0 Å². The van der Waals surface area contributed by atoms with Gasteiger partial charge in [-0.05, 0) is 31.9 Å². The number of piperidine rings is 1. The molecular formula is C16H24N2O5S. The number of sulfonamides is 1. The number of nitrogens with zero attached hydrogens (tertiary/aromatic N) is 1. The summed E-state index contributed by atoms with van der Waals surface area (Å²) in [6.45, 7) is 2.39. The molecule has 0 unspecified atom stereocenters. The molecule has 24 heavy (non-hydrogen) atoms. The van der Waals surface area contributed by atoms with Crippen LogP contribution in [0.5, 0.6) is 11.5 Å². The third-order valence-corrected chi connectivity index (χ3v) is 6.13. The van der Waals surface area contributed by atoms with Crippen LogP contribution in [0.4, 0.5) is 5.69 Å². The minimum atomic E-state index is -3.18. The highest BCUT2D eigenvalue weighted by Crippen LogP contribution is 2.30. The number of hydrogen-bond acceptors (Lipinski definition) is 5. The molecule has 0 saturated carbocycles. The Hall–Kier alpha value is -1.80. The highest BCUT2D eigenvalue weighted by Gasteiger charge is 2.30. The number of ether oxygens (including phenoxy) is 2. The zero-order valence-corrected chi connectivity index (χ0v) is 15.1. The Morgan fingerprint density at radius 2 is 1.92 bits per heavy atom. The number of carbonyl (C=O) groups excluding carboxylic acids is 1. The van der Waals surface area contributed by atoms with Crippen LogP contribution in [0.3, 0.4) is 0 Å². The monoisotopic (exact) mass is 356 g/mol. The largest absolute Gasteiger partial charge is 0.497 e. The Morgan fingerprint density at radius 1 is 1.25 bits per heavy atom. The van der Waals surface area contributed by atoms with Crippen molar-refractivity contribution in [3.63, 3.8) is 0 Å². The van der Waals surface area contributed by atoms with Crippen molar-refractivity contribution in [2.75, 3.05) is 38.4 Å². The van der Waals surface area contributed by atoms with Crippen molar-refractivity contribution in [1.82, 2.24) is 4.31 Å². The Morgan fingerprint density at radius 3 is 2.46 bits per heavy atom. The number of rotatable bonds is 6. The van der Waals surface area contributed by atoms with Gasteiger partial charge in [0.25, 0.3) is 0 Å². The van der Waals surface area contributed by atoms with E-state index in [0.29, 0.717) is 43.1 Å². The van der Waals surface area contributed by atoms with E-state index in [-0.39, 0.29) is 17.6 Å². The first-order valence-corrected chi connectivity index (χ1v) is 9.53. The third kappa shape index (κ3) is 4.18. The molecule has 0 aliphatic carbocycles. The van der Waals surface area contributed by atoms with Crippen molar-refractivity contribution >= 4 is 21.6 Å². The second kappa shape index (κ2) is 7.85. The van der Waals surface area contributed by atoms with E-state index in [0.717, 1.165) is 0 Å². The number of methoxy groups -OCH3 is 2. The van der Waals surface area contributed by atoms with Crippen LogP contribution in [0.25, 0.3) is 0 Å². The van der Waals surface area contributed by atoms with E-state index in [1.54, 1.807) is 32.2 Å². The first-order chi connectivity index (χ1) is 11.4. The van der Waals surface area contributed by atoms with Crippen LogP contribution in [0.15, 0.2) is 18.2 Å². The van der Waals surface area contributed by atoms with Gasteiger partial charge in [0.2, 0.25) is 15.9 Å². The van der Waals surface area contributed by atoms with Gasteiger partial charge in [-0.25, -0.2) is 12.7 Å². The maximum atomic E-state index is 12.5. The van der Waals surface area contributed by atoms with Crippen LogP contribution in [0.1, 0.15) is 19.8 Å². The van der Waals surface area contributed by atoms with E-state index < -0.39 is 10.0 Å². The summed E-state index contributed by atoms with van der Waals surface area (Å²) in [6.07, 6.45) is 1.03. The Labute approximate surface area is 143 Å². The molecule has 2 rings (SSSR count). The first kappa shape index (κ1) is 18.5. The van der Waals surface area contributed by atoms with Gasteiger partial charge in [-0.2, -0.15) is 0 Å². The molecule has 134 valence electrons. The highest BCUT2D eigenvalue weighted by molar-refractivity contribution is 7.89. The molecule has 0 aromatic heterocycles. The molecule has 1 fully saturated rings. The molecule has 7 nitrogen and oxygen atoms in total. The first-order valence-electron chi connectivity index (χ1n) is 7.92. The second-order valence-corrected chi connectivity index (χ2v) is 7.89. The third-order valence-electron chi connectivity index (χ3n) is 4.25. The topological polar surface area (TPSA) is 84.9 Å². The van der Waals surface area contributed by atoms with Gasteiger partial charge in [-0.1, -0.05) is 0 Å². The summed E-state index contributed by atoms with van der Waals surface area (Å²) in [5, 5.41) is 2.86. The summed E-state index contributed by atoms with van der Waals surface area (Å²) in [6, 6.07) is 5.17. The van der Waals surface area contributed by atoms with Gasteiger partial charge >= 0.3 is 0 Å². The minimum absolute atomic E-state index is 0.0902. The quantitative estimate of drug-likeness (QED) is 0.839. The lowest BCUT2D eigenvalue weighted by Gasteiger charge is -2.30. The summed E-state index contributed by atoms with van der Waals surface area (Å²) >= 11 is 0. The lowest BCUT2D eigenvalue weighted by Crippen LogP contribution is -2.42.